The van der Waals surface area contributed by atoms with Crippen LogP contribution in [0, 0.1) is 0 Å². The summed E-state index contributed by atoms with van der Waals surface area (Å²) in [5, 5.41) is 4.69. The van der Waals surface area contributed by atoms with Crippen molar-refractivity contribution in [2.75, 3.05) is 82.4 Å². The van der Waals surface area contributed by atoms with Crippen LogP contribution in [0.5, 0.6) is 5.75 Å². The fourth-order valence-electron chi connectivity index (χ4n) is 9.92. The molecule has 0 amide bonds. The number of nitrogens with zero attached hydrogens (tertiary/aromatic N) is 5. The lowest BCUT2D eigenvalue weighted by atomic mass is 9.99. The maximum absolute atomic E-state index is 5.97. The number of rotatable bonds is 10. The highest BCUT2D eigenvalue weighted by Crippen LogP contribution is 2.26. The summed E-state index contributed by atoms with van der Waals surface area (Å²) >= 11 is 5.97. The van der Waals surface area contributed by atoms with Crippen LogP contribution < -0.4 is 14.5 Å². The summed E-state index contributed by atoms with van der Waals surface area (Å²) in [6.45, 7) is 14.0. The monoisotopic (exact) mass is 934 g/mol. The Balaban J connectivity index is 0.000000120. The van der Waals surface area contributed by atoms with E-state index in [4.69, 9.17) is 16.3 Å². The molecule has 3 aliphatic rings. The van der Waals surface area contributed by atoms with Gasteiger partial charge in [-0.25, -0.2) is 0 Å². The fraction of sp³-hybridized carbons (Fsp3) is 0.254. The Morgan fingerprint density at radius 2 is 0.928 bits per heavy atom. The summed E-state index contributed by atoms with van der Waals surface area (Å²) in [6, 6.07) is 53.8. The number of aromatic amines is 3. The highest BCUT2D eigenvalue weighted by atomic mass is 35.5. The molecule has 0 unspecified atom stereocenters. The molecule has 9 aromatic rings. The van der Waals surface area contributed by atoms with Gasteiger partial charge in [0.05, 0.1) is 7.11 Å². The predicted molar refractivity (Wildman–Crippen MR) is 289 cm³/mol. The molecule has 0 bridgehead atoms. The van der Waals surface area contributed by atoms with Gasteiger partial charge in [-0.15, -0.1) is 0 Å². The van der Waals surface area contributed by atoms with Crippen LogP contribution in [0.4, 0.5) is 11.4 Å². The van der Waals surface area contributed by atoms with E-state index in [9.17, 15) is 0 Å². The Labute approximate surface area is 411 Å². The van der Waals surface area contributed by atoms with Gasteiger partial charge in [-0.2, -0.15) is 0 Å². The van der Waals surface area contributed by atoms with E-state index in [1.165, 1.54) is 71.9 Å². The fourth-order valence-corrected chi connectivity index (χ4v) is 10.0. The van der Waals surface area contributed by atoms with Gasteiger partial charge in [0.2, 0.25) is 0 Å². The van der Waals surface area contributed by atoms with Crippen molar-refractivity contribution in [3.05, 3.63) is 204 Å². The first-order valence-electron chi connectivity index (χ1n) is 24.5. The Morgan fingerprint density at radius 3 is 1.38 bits per heavy atom. The number of aromatic nitrogens is 3. The zero-order valence-corrected chi connectivity index (χ0v) is 40.4. The second-order valence-corrected chi connectivity index (χ2v) is 18.9. The number of halogens is 1. The van der Waals surface area contributed by atoms with Gasteiger partial charge >= 0.3 is 0 Å². The zero-order chi connectivity index (χ0) is 46.8. The highest BCUT2D eigenvalue weighted by Gasteiger charge is 2.19. The number of fused-ring (bicyclic) bond motifs is 3. The summed E-state index contributed by atoms with van der Waals surface area (Å²) in [4.78, 5) is 22.3. The molecular formula is C59H63ClN8O. The van der Waals surface area contributed by atoms with Crippen LogP contribution in [0.1, 0.15) is 28.7 Å². The van der Waals surface area contributed by atoms with E-state index in [1.54, 1.807) is 7.11 Å². The molecule has 0 saturated carbocycles. The Bertz CT molecular complexity index is 3050. The first-order valence-corrected chi connectivity index (χ1v) is 24.8. The van der Waals surface area contributed by atoms with Crippen LogP contribution in [0.2, 0.25) is 5.02 Å². The van der Waals surface area contributed by atoms with Crippen LogP contribution >= 0.6 is 11.6 Å². The quantitative estimate of drug-likeness (QED) is 0.127. The van der Waals surface area contributed by atoms with E-state index in [-0.39, 0.29) is 0 Å². The van der Waals surface area contributed by atoms with Gasteiger partial charge in [-0.05, 0) is 154 Å². The molecular weight excluding hydrogens is 872 g/mol. The van der Waals surface area contributed by atoms with Crippen molar-refractivity contribution in [1.29, 1.82) is 0 Å². The standard InChI is InChI=1S/C20H19ClN2.C20H23N3O.C19H21N3/c21-19-4-2-16(3-5-19)17-8-11-23(12-9-17)14-15-1-6-20-18(13-15)7-10-22-20;1-24-19-5-3-18(4-6-19)23-12-10-22(11-13-23)15-16-2-7-20-17(14-16)8-9-21-20;1-2-4-18(5-3-1)22-12-10-21(11-13-22)15-16-6-7-19-17(14-16)8-9-20-19/h1-8,10,13,22H,9,11-12,14H2;2-9,14,21H,10-13,15H2,1H3;1-9,14,20H,10-13,15H2. The largest absolute Gasteiger partial charge is 0.497 e. The molecule has 6 aromatic carbocycles. The molecule has 9 nitrogen and oxygen atoms in total. The molecule has 0 atom stereocenters. The Kier molecular flexibility index (Phi) is 14.7. The molecule has 2 fully saturated rings. The summed E-state index contributed by atoms with van der Waals surface area (Å²) in [7, 11) is 1.71. The van der Waals surface area contributed by atoms with Crippen LogP contribution in [0.3, 0.4) is 0 Å². The smallest absolute Gasteiger partial charge is 0.119 e. The van der Waals surface area contributed by atoms with Crippen molar-refractivity contribution in [3.8, 4) is 5.75 Å². The number of nitrogens with one attached hydrogen (secondary N) is 3. The molecule has 0 aliphatic carbocycles. The molecule has 3 aromatic heterocycles. The molecule has 2 saturated heterocycles. The molecule has 0 spiro atoms. The van der Waals surface area contributed by atoms with Gasteiger partial charge in [0.25, 0.3) is 0 Å². The van der Waals surface area contributed by atoms with Gasteiger partial charge in [0.15, 0.2) is 0 Å². The first-order chi connectivity index (χ1) is 34.0. The van der Waals surface area contributed by atoms with Gasteiger partial charge in [0, 0.05) is 137 Å². The second kappa shape index (κ2) is 22.1. The number of ether oxygens (including phenoxy) is 1. The number of para-hydroxylation sites is 1. The number of anilines is 2. The van der Waals surface area contributed by atoms with Crippen molar-refractivity contribution in [2.24, 2.45) is 0 Å². The van der Waals surface area contributed by atoms with Gasteiger partial charge < -0.3 is 29.5 Å². The SMILES string of the molecule is COc1ccc(N2CCN(Cc3ccc4[nH]ccc4c3)CC2)cc1.Clc1ccc(C2=CCN(Cc3ccc4[nH]ccc4c3)CC2)cc1.c1ccc(N2CCN(Cc3ccc4[nH]ccc4c3)CC2)cc1. The maximum Gasteiger partial charge on any atom is 0.119 e. The topological polar surface area (TPSA) is 72.8 Å². The predicted octanol–water partition coefficient (Wildman–Crippen LogP) is 12.1. The lowest BCUT2D eigenvalue weighted by Gasteiger charge is -2.36. The lowest BCUT2D eigenvalue weighted by Crippen LogP contribution is -2.45. The number of hydrogen-bond donors (Lipinski definition) is 3. The molecule has 6 heterocycles. The third kappa shape index (κ3) is 11.9. The first kappa shape index (κ1) is 46.0. The molecule has 69 heavy (non-hydrogen) atoms. The van der Waals surface area contributed by atoms with Crippen molar-refractivity contribution in [3.63, 3.8) is 0 Å². The number of methoxy groups -OCH3 is 1. The van der Waals surface area contributed by atoms with E-state index >= 15 is 0 Å². The summed E-state index contributed by atoms with van der Waals surface area (Å²) in [5.74, 6) is 0.914. The number of H-pyrrole nitrogens is 3. The maximum atomic E-state index is 5.97. The van der Waals surface area contributed by atoms with E-state index in [2.05, 4.69) is 173 Å². The zero-order valence-electron chi connectivity index (χ0n) is 39.7. The van der Waals surface area contributed by atoms with E-state index in [0.29, 0.717) is 0 Å². The van der Waals surface area contributed by atoms with Crippen molar-refractivity contribution < 1.29 is 4.74 Å². The number of benzene rings is 6. The summed E-state index contributed by atoms with van der Waals surface area (Å²) in [5.41, 5.74) is 13.2. The Morgan fingerprint density at radius 1 is 0.464 bits per heavy atom. The van der Waals surface area contributed by atoms with Gasteiger partial charge in [-0.1, -0.05) is 66.2 Å². The van der Waals surface area contributed by atoms with E-state index < -0.39 is 0 Å². The minimum atomic E-state index is 0.798. The molecule has 10 heteroatoms. The molecule has 3 aliphatic heterocycles. The van der Waals surface area contributed by atoms with Gasteiger partial charge in [-0.3, -0.25) is 14.7 Å². The van der Waals surface area contributed by atoms with Gasteiger partial charge in [0.1, 0.15) is 5.75 Å². The van der Waals surface area contributed by atoms with E-state index in [0.717, 1.165) is 102 Å². The van der Waals surface area contributed by atoms with Crippen molar-refractivity contribution >= 4 is 61.3 Å². The Hall–Kier alpha value is -6.75. The van der Waals surface area contributed by atoms with Crippen LogP contribution in [0.15, 0.2) is 176 Å². The third-order valence-electron chi connectivity index (χ3n) is 13.9. The summed E-state index contributed by atoms with van der Waals surface area (Å²) in [6.07, 6.45) is 9.45. The normalized spacial score (nSPS) is 15.9. The number of piperazine rings is 2. The second-order valence-electron chi connectivity index (χ2n) is 18.5. The van der Waals surface area contributed by atoms with Crippen molar-refractivity contribution in [1.82, 2.24) is 29.7 Å². The molecule has 0 radical (unpaired) electrons. The number of hydrogen-bond acceptors (Lipinski definition) is 6. The van der Waals surface area contributed by atoms with Crippen LogP contribution in [-0.4, -0.2) is 102 Å². The third-order valence-corrected chi connectivity index (χ3v) is 14.1. The molecule has 352 valence electrons. The highest BCUT2D eigenvalue weighted by molar-refractivity contribution is 6.30. The van der Waals surface area contributed by atoms with Crippen LogP contribution in [-0.2, 0) is 19.6 Å². The van der Waals surface area contributed by atoms with E-state index in [1.807, 2.05) is 42.9 Å². The van der Waals surface area contributed by atoms with Crippen LogP contribution in [0.25, 0.3) is 38.3 Å². The average molecular weight is 936 g/mol. The van der Waals surface area contributed by atoms with Crippen molar-refractivity contribution in [2.45, 2.75) is 26.1 Å². The average Bonchev–Trinajstić information content (AvgIpc) is 4.20. The molecule has 12 rings (SSSR count). The minimum Gasteiger partial charge on any atom is -0.497 e. The lowest BCUT2D eigenvalue weighted by molar-refractivity contribution is 0.250. The molecule has 3 N–H and O–H groups in total. The summed E-state index contributed by atoms with van der Waals surface area (Å²) < 4.78 is 5.24. The minimum absolute atomic E-state index is 0.798.